The van der Waals surface area contributed by atoms with Gasteiger partial charge in [0, 0.05) is 18.6 Å². The maximum atomic E-state index is 8.45. The summed E-state index contributed by atoms with van der Waals surface area (Å²) >= 11 is 5.91. The Kier molecular flexibility index (Phi) is 6.67. The minimum Gasteiger partial charge on any atom is -0.356 e. The molecule has 0 amide bonds. The molecule has 0 fully saturated rings. The Hall–Kier alpha value is -1.73. The van der Waals surface area contributed by atoms with Gasteiger partial charge in [-0.1, -0.05) is 23.7 Å². The summed E-state index contributed by atoms with van der Waals surface area (Å²) in [5.41, 5.74) is 1.25. The van der Waals surface area contributed by atoms with E-state index in [1.807, 2.05) is 24.4 Å². The molecule has 18 heavy (non-hydrogen) atoms. The number of unbranched alkanes of at least 4 members (excludes halogenated alkanes) is 1. The number of hydrogen-bond donors (Lipinski definition) is 2. The summed E-state index contributed by atoms with van der Waals surface area (Å²) in [6.07, 6.45) is 4.92. The average Bonchev–Trinajstić information content (AvgIpc) is 2.37. The lowest BCUT2D eigenvalue weighted by molar-refractivity contribution is 0.703. The maximum absolute atomic E-state index is 8.45. The van der Waals surface area contributed by atoms with Crippen LogP contribution in [0.4, 0.5) is 0 Å². The Morgan fingerprint density at radius 3 is 2.94 bits per heavy atom. The summed E-state index contributed by atoms with van der Waals surface area (Å²) in [5, 5.41) is 14.8. The molecule has 0 saturated carbocycles. The molecule has 96 valence electrons. The van der Waals surface area contributed by atoms with Crippen LogP contribution in [0.15, 0.2) is 29.3 Å². The van der Waals surface area contributed by atoms with E-state index in [0.717, 1.165) is 30.8 Å². The van der Waals surface area contributed by atoms with Gasteiger partial charge < -0.3 is 5.32 Å². The first kappa shape index (κ1) is 14.3. The van der Waals surface area contributed by atoms with Crippen molar-refractivity contribution in [3.63, 3.8) is 0 Å². The minimum atomic E-state index is 0.514. The second-order valence-corrected chi connectivity index (χ2v) is 4.26. The Bertz CT molecular complexity index is 437. The SMILES string of the molecule is CN=C(NC#N)NCCCCc1cccc(Cl)c1. The molecule has 5 heteroatoms. The third kappa shape index (κ3) is 5.55. The second kappa shape index (κ2) is 8.37. The number of guanidine groups is 1. The van der Waals surface area contributed by atoms with Gasteiger partial charge in [-0.15, -0.1) is 0 Å². The zero-order valence-corrected chi connectivity index (χ0v) is 11.2. The van der Waals surface area contributed by atoms with E-state index in [2.05, 4.69) is 21.7 Å². The molecule has 0 aliphatic rings. The van der Waals surface area contributed by atoms with E-state index < -0.39 is 0 Å². The number of nitriles is 1. The van der Waals surface area contributed by atoms with Crippen LogP contribution in [-0.2, 0) is 6.42 Å². The molecule has 0 aliphatic carbocycles. The molecule has 0 aromatic heterocycles. The fourth-order valence-corrected chi connectivity index (χ4v) is 1.80. The zero-order chi connectivity index (χ0) is 13.2. The van der Waals surface area contributed by atoms with Gasteiger partial charge in [0.1, 0.15) is 0 Å². The van der Waals surface area contributed by atoms with Crippen LogP contribution in [0.2, 0.25) is 5.02 Å². The van der Waals surface area contributed by atoms with Gasteiger partial charge in [-0.05, 0) is 37.0 Å². The van der Waals surface area contributed by atoms with Crippen molar-refractivity contribution in [1.82, 2.24) is 10.6 Å². The predicted octanol–water partition coefficient (Wildman–Crippen LogP) is 2.31. The first-order chi connectivity index (χ1) is 8.76. The highest BCUT2D eigenvalue weighted by Crippen LogP contribution is 2.12. The zero-order valence-electron chi connectivity index (χ0n) is 10.4. The lowest BCUT2D eigenvalue weighted by Gasteiger charge is -2.06. The fraction of sp³-hybridized carbons (Fsp3) is 0.385. The van der Waals surface area contributed by atoms with Crippen molar-refractivity contribution in [2.45, 2.75) is 19.3 Å². The molecule has 1 rings (SSSR count). The van der Waals surface area contributed by atoms with E-state index in [4.69, 9.17) is 16.9 Å². The summed E-state index contributed by atoms with van der Waals surface area (Å²) in [4.78, 5) is 3.90. The number of hydrogen-bond acceptors (Lipinski definition) is 2. The van der Waals surface area contributed by atoms with Crippen LogP contribution < -0.4 is 10.6 Å². The molecule has 2 N–H and O–H groups in total. The molecule has 1 aromatic carbocycles. The first-order valence-corrected chi connectivity index (χ1v) is 6.24. The lowest BCUT2D eigenvalue weighted by atomic mass is 10.1. The van der Waals surface area contributed by atoms with Gasteiger partial charge in [0.05, 0.1) is 0 Å². The van der Waals surface area contributed by atoms with Gasteiger partial charge in [-0.3, -0.25) is 10.3 Å². The molecule has 4 nitrogen and oxygen atoms in total. The largest absolute Gasteiger partial charge is 0.356 e. The van der Waals surface area contributed by atoms with E-state index in [9.17, 15) is 0 Å². The van der Waals surface area contributed by atoms with Crippen LogP contribution in [0.25, 0.3) is 0 Å². The highest BCUT2D eigenvalue weighted by molar-refractivity contribution is 6.30. The normalized spacial score (nSPS) is 10.8. The number of benzene rings is 1. The molecule has 0 aliphatic heterocycles. The van der Waals surface area contributed by atoms with Gasteiger partial charge in [0.15, 0.2) is 6.19 Å². The summed E-state index contributed by atoms with van der Waals surface area (Å²) in [6.45, 7) is 0.794. The molecule has 0 radical (unpaired) electrons. The van der Waals surface area contributed by atoms with E-state index >= 15 is 0 Å². The molecular formula is C13H17ClN4. The molecule has 0 saturated heterocycles. The monoisotopic (exact) mass is 264 g/mol. The molecule has 0 heterocycles. The second-order valence-electron chi connectivity index (χ2n) is 3.82. The predicted molar refractivity (Wildman–Crippen MR) is 74.5 cm³/mol. The standard InChI is InChI=1S/C13H17ClN4/c1-16-13(18-10-15)17-8-3-2-5-11-6-4-7-12(14)9-11/h4,6-7,9H,2-3,5,8H2,1H3,(H2,16,17,18). The molecule has 0 unspecified atom stereocenters. The number of rotatable bonds is 5. The van der Waals surface area contributed by atoms with Crippen molar-refractivity contribution in [1.29, 1.82) is 5.26 Å². The summed E-state index contributed by atoms with van der Waals surface area (Å²) in [7, 11) is 1.64. The van der Waals surface area contributed by atoms with Crippen LogP contribution in [0.5, 0.6) is 0 Å². The minimum absolute atomic E-state index is 0.514. The van der Waals surface area contributed by atoms with E-state index in [1.54, 1.807) is 7.05 Å². The molecular weight excluding hydrogens is 248 g/mol. The molecule has 1 aromatic rings. The Morgan fingerprint density at radius 2 is 2.28 bits per heavy atom. The Labute approximate surface area is 113 Å². The third-order valence-corrected chi connectivity index (χ3v) is 2.71. The van der Waals surface area contributed by atoms with Gasteiger partial charge in [0.2, 0.25) is 5.96 Å². The summed E-state index contributed by atoms with van der Waals surface area (Å²) < 4.78 is 0. The number of aliphatic imine (C=N–C) groups is 1. The summed E-state index contributed by atoms with van der Waals surface area (Å²) in [6, 6.07) is 7.92. The third-order valence-electron chi connectivity index (χ3n) is 2.47. The molecule has 0 atom stereocenters. The van der Waals surface area contributed by atoms with Crippen molar-refractivity contribution in [3.8, 4) is 6.19 Å². The van der Waals surface area contributed by atoms with Crippen molar-refractivity contribution in [2.75, 3.05) is 13.6 Å². The smallest absolute Gasteiger partial charge is 0.204 e. The van der Waals surface area contributed by atoms with Crippen LogP contribution in [0.3, 0.4) is 0 Å². The van der Waals surface area contributed by atoms with Crippen molar-refractivity contribution < 1.29 is 0 Å². The van der Waals surface area contributed by atoms with E-state index in [1.165, 1.54) is 5.56 Å². The van der Waals surface area contributed by atoms with Crippen molar-refractivity contribution in [3.05, 3.63) is 34.9 Å². The Morgan fingerprint density at radius 1 is 1.44 bits per heavy atom. The van der Waals surface area contributed by atoms with Crippen LogP contribution in [-0.4, -0.2) is 19.6 Å². The van der Waals surface area contributed by atoms with Crippen molar-refractivity contribution in [2.24, 2.45) is 4.99 Å². The van der Waals surface area contributed by atoms with Crippen LogP contribution in [0, 0.1) is 11.5 Å². The van der Waals surface area contributed by atoms with Gasteiger partial charge >= 0.3 is 0 Å². The maximum Gasteiger partial charge on any atom is 0.204 e. The number of halogens is 1. The number of aryl methyl sites for hydroxylation is 1. The average molecular weight is 265 g/mol. The van der Waals surface area contributed by atoms with Gasteiger partial charge in [0.25, 0.3) is 0 Å². The van der Waals surface area contributed by atoms with Crippen molar-refractivity contribution >= 4 is 17.6 Å². The fourth-order valence-electron chi connectivity index (χ4n) is 1.59. The van der Waals surface area contributed by atoms with Gasteiger partial charge in [-0.25, -0.2) is 0 Å². The quantitative estimate of drug-likeness (QED) is 0.282. The van der Waals surface area contributed by atoms with Gasteiger partial charge in [-0.2, -0.15) is 5.26 Å². The Balaban J connectivity index is 2.18. The van der Waals surface area contributed by atoms with E-state index in [-0.39, 0.29) is 0 Å². The van der Waals surface area contributed by atoms with Crippen LogP contribution >= 0.6 is 11.6 Å². The lowest BCUT2D eigenvalue weighted by Crippen LogP contribution is -2.34. The molecule has 0 bridgehead atoms. The highest BCUT2D eigenvalue weighted by Gasteiger charge is 1.97. The molecule has 0 spiro atoms. The van der Waals surface area contributed by atoms with E-state index in [0.29, 0.717) is 5.96 Å². The summed E-state index contributed by atoms with van der Waals surface area (Å²) in [5.74, 6) is 0.514. The first-order valence-electron chi connectivity index (χ1n) is 5.86. The van der Waals surface area contributed by atoms with Crippen LogP contribution in [0.1, 0.15) is 18.4 Å². The number of nitrogens with one attached hydrogen (secondary N) is 2. The highest BCUT2D eigenvalue weighted by atomic mass is 35.5. The number of nitrogens with zero attached hydrogens (tertiary/aromatic N) is 2. The topological polar surface area (TPSA) is 60.2 Å².